The Balaban J connectivity index is 1.47. The third kappa shape index (κ3) is 5.66. The Kier molecular flexibility index (Phi) is 8.78. The van der Waals surface area contributed by atoms with Crippen molar-refractivity contribution in [1.82, 2.24) is 29.3 Å². The number of hydrogen-bond acceptors (Lipinski definition) is 6. The van der Waals surface area contributed by atoms with E-state index in [1.807, 2.05) is 95.8 Å². The highest BCUT2D eigenvalue weighted by Gasteiger charge is 2.51. The zero-order chi connectivity index (χ0) is 38.4. The summed E-state index contributed by atoms with van der Waals surface area (Å²) in [6.45, 7) is 4.72. The van der Waals surface area contributed by atoms with Crippen LogP contribution in [0.2, 0.25) is 0 Å². The molecule has 1 aliphatic rings. The molecule has 0 spiro atoms. The fraction of sp³-hybridized carbons (Fsp3) is 0.133. The molecule has 278 valence electrons. The number of nitrogens with zero attached hydrogens (tertiary/aromatic N) is 5. The van der Waals surface area contributed by atoms with Crippen LogP contribution in [0.5, 0.6) is 23.3 Å². The van der Waals surface area contributed by atoms with Gasteiger partial charge in [0.25, 0.3) is 0 Å². The molecule has 4 aromatic carbocycles. The van der Waals surface area contributed by atoms with E-state index in [1.54, 1.807) is 41.8 Å². The second-order valence-corrected chi connectivity index (χ2v) is 13.8. The molecular formula is C45H36F2N6O3. The maximum Gasteiger partial charge on any atom is 0.211 e. The lowest BCUT2D eigenvalue weighted by Gasteiger charge is -2.46. The summed E-state index contributed by atoms with van der Waals surface area (Å²) in [4.78, 5) is 24.7. The number of benzene rings is 4. The second kappa shape index (κ2) is 14.1. The molecule has 0 bridgehead atoms. The number of piperazine rings is 1. The summed E-state index contributed by atoms with van der Waals surface area (Å²) >= 11 is 0. The van der Waals surface area contributed by atoms with Crippen LogP contribution >= 0.6 is 0 Å². The first-order chi connectivity index (χ1) is 27.4. The summed E-state index contributed by atoms with van der Waals surface area (Å²) in [7, 11) is 0. The Morgan fingerprint density at radius 3 is 1.62 bits per heavy atom. The van der Waals surface area contributed by atoms with Crippen LogP contribution in [0.15, 0.2) is 134 Å². The van der Waals surface area contributed by atoms with Gasteiger partial charge in [-0.2, -0.15) is 0 Å². The molecular weight excluding hydrogens is 711 g/mol. The second-order valence-electron chi connectivity index (χ2n) is 13.8. The zero-order valence-electron chi connectivity index (χ0n) is 30.6. The molecule has 0 aliphatic carbocycles. The SMILES string of the molecule is Cc1ccc(F)cc1Oc1c(C2(c3c(Oc4cc(F)ccc4C)n(-c4ccccc4)c4ccncc34)CNCCN2C=O)c2cnccc2n1-c1ccccc1. The van der Waals surface area contributed by atoms with Crippen molar-refractivity contribution in [3.05, 3.63) is 168 Å². The van der Waals surface area contributed by atoms with Gasteiger partial charge < -0.3 is 19.7 Å². The van der Waals surface area contributed by atoms with Crippen LogP contribution in [0.3, 0.4) is 0 Å². The highest BCUT2D eigenvalue weighted by molar-refractivity contribution is 5.95. The molecule has 1 amide bonds. The van der Waals surface area contributed by atoms with E-state index in [-0.39, 0.29) is 6.54 Å². The normalized spacial score (nSPS) is 14.0. The number of aromatic nitrogens is 4. The Hall–Kier alpha value is -6.85. The number of aryl methyl sites for hydroxylation is 2. The Labute approximate surface area is 321 Å². The minimum absolute atomic E-state index is 0.203. The number of para-hydroxylation sites is 2. The van der Waals surface area contributed by atoms with Crippen LogP contribution in [-0.4, -0.2) is 50.0 Å². The first-order valence-electron chi connectivity index (χ1n) is 18.3. The Morgan fingerprint density at radius 2 is 1.16 bits per heavy atom. The highest BCUT2D eigenvalue weighted by Crippen LogP contribution is 2.54. The molecule has 0 unspecified atom stereocenters. The molecule has 1 aliphatic heterocycles. The number of amides is 1. The Bertz CT molecular complexity index is 2570. The van der Waals surface area contributed by atoms with Gasteiger partial charge in [0.05, 0.1) is 22.2 Å². The van der Waals surface area contributed by atoms with Crippen LogP contribution in [0.4, 0.5) is 8.78 Å². The van der Waals surface area contributed by atoms with Gasteiger partial charge in [-0.3, -0.25) is 23.9 Å². The van der Waals surface area contributed by atoms with Gasteiger partial charge in [-0.05, 0) is 73.5 Å². The van der Waals surface area contributed by atoms with Crippen molar-refractivity contribution in [2.75, 3.05) is 19.6 Å². The van der Waals surface area contributed by atoms with Crippen molar-refractivity contribution in [1.29, 1.82) is 0 Å². The minimum atomic E-state index is -1.39. The maximum atomic E-state index is 15.0. The molecule has 1 fully saturated rings. The summed E-state index contributed by atoms with van der Waals surface area (Å²) in [6, 6.07) is 32.1. The summed E-state index contributed by atoms with van der Waals surface area (Å²) in [5.74, 6) is 0.379. The lowest BCUT2D eigenvalue weighted by Crippen LogP contribution is -2.59. The van der Waals surface area contributed by atoms with Crippen molar-refractivity contribution in [2.45, 2.75) is 19.4 Å². The Morgan fingerprint density at radius 1 is 0.679 bits per heavy atom. The first kappa shape index (κ1) is 34.9. The van der Waals surface area contributed by atoms with Gasteiger partial charge in [0.15, 0.2) is 0 Å². The van der Waals surface area contributed by atoms with Gasteiger partial charge in [-0.25, -0.2) is 8.78 Å². The summed E-state index contributed by atoms with van der Waals surface area (Å²) in [5.41, 5.74) is 4.23. The molecule has 0 saturated carbocycles. The number of ether oxygens (including phenoxy) is 2. The lowest BCUT2D eigenvalue weighted by atomic mass is 9.79. The maximum absolute atomic E-state index is 15.0. The predicted octanol–water partition coefficient (Wildman–Crippen LogP) is 9.15. The van der Waals surface area contributed by atoms with Gasteiger partial charge in [0.2, 0.25) is 18.2 Å². The van der Waals surface area contributed by atoms with Crippen molar-refractivity contribution in [3.8, 4) is 34.6 Å². The predicted molar refractivity (Wildman–Crippen MR) is 211 cm³/mol. The van der Waals surface area contributed by atoms with Gasteiger partial charge in [0, 0.05) is 78.7 Å². The molecule has 0 radical (unpaired) electrons. The molecule has 9 rings (SSSR count). The number of fused-ring (bicyclic) bond motifs is 2. The van der Waals surface area contributed by atoms with E-state index in [9.17, 15) is 4.79 Å². The molecule has 1 N–H and O–H groups in total. The average Bonchev–Trinajstić information content (AvgIpc) is 3.74. The molecule has 1 saturated heterocycles. The van der Waals surface area contributed by atoms with E-state index in [0.717, 1.165) is 28.8 Å². The molecule has 8 aromatic rings. The number of rotatable bonds is 9. The van der Waals surface area contributed by atoms with Crippen LogP contribution in [0.1, 0.15) is 22.3 Å². The van der Waals surface area contributed by atoms with Crippen LogP contribution in [0, 0.1) is 25.5 Å². The average molecular weight is 747 g/mol. The standard InChI is InChI=1S/C45H36F2N6O3/c1-29-13-15-31(46)23-39(29)55-43-41(35-25-48-19-17-37(35)52(43)33-9-5-3-6-10-33)45(27-50-21-22-51(45)28-54)42-36-26-49-20-18-38(36)53(34-11-7-4-8-12-34)44(42)56-40-24-32(47)16-14-30(40)2/h3-20,23-26,28,50H,21-22,27H2,1-2H3. The van der Waals surface area contributed by atoms with E-state index in [2.05, 4.69) is 15.3 Å². The van der Waals surface area contributed by atoms with Crippen LogP contribution < -0.4 is 14.8 Å². The molecule has 11 heteroatoms. The van der Waals surface area contributed by atoms with Gasteiger partial charge in [-0.1, -0.05) is 48.5 Å². The van der Waals surface area contributed by atoms with Crippen molar-refractivity contribution >= 4 is 28.2 Å². The number of halogens is 2. The van der Waals surface area contributed by atoms with E-state index < -0.39 is 17.2 Å². The number of pyridine rings is 2. The number of carbonyl (C=O) groups excluding carboxylic acids is 1. The van der Waals surface area contributed by atoms with E-state index >= 15 is 8.78 Å². The van der Waals surface area contributed by atoms with Crippen molar-refractivity contribution in [3.63, 3.8) is 0 Å². The van der Waals surface area contributed by atoms with E-state index in [4.69, 9.17) is 9.47 Å². The van der Waals surface area contributed by atoms with E-state index in [0.29, 0.717) is 69.4 Å². The summed E-state index contributed by atoms with van der Waals surface area (Å²) < 4.78 is 48.0. The third-order valence-electron chi connectivity index (χ3n) is 10.5. The summed E-state index contributed by atoms with van der Waals surface area (Å²) in [5, 5.41) is 4.97. The third-order valence-corrected chi connectivity index (χ3v) is 10.5. The molecule has 9 nitrogen and oxygen atoms in total. The monoisotopic (exact) mass is 746 g/mol. The highest BCUT2D eigenvalue weighted by atomic mass is 19.1. The van der Waals surface area contributed by atoms with Crippen LogP contribution in [-0.2, 0) is 10.3 Å². The first-order valence-corrected chi connectivity index (χ1v) is 18.3. The number of nitrogens with one attached hydrogen (secondary N) is 1. The van der Waals surface area contributed by atoms with Gasteiger partial charge >= 0.3 is 0 Å². The van der Waals surface area contributed by atoms with Crippen molar-refractivity contribution in [2.24, 2.45) is 0 Å². The fourth-order valence-corrected chi connectivity index (χ4v) is 7.95. The molecule has 4 aromatic heterocycles. The summed E-state index contributed by atoms with van der Waals surface area (Å²) in [6.07, 6.45) is 7.79. The minimum Gasteiger partial charge on any atom is -0.440 e. The lowest BCUT2D eigenvalue weighted by molar-refractivity contribution is -0.124. The smallest absolute Gasteiger partial charge is 0.211 e. The van der Waals surface area contributed by atoms with Crippen LogP contribution in [0.25, 0.3) is 33.2 Å². The molecule has 0 atom stereocenters. The zero-order valence-corrected chi connectivity index (χ0v) is 30.6. The molecule has 5 heterocycles. The van der Waals surface area contributed by atoms with E-state index in [1.165, 1.54) is 24.3 Å². The van der Waals surface area contributed by atoms with Gasteiger partial charge in [-0.15, -0.1) is 0 Å². The van der Waals surface area contributed by atoms with Crippen molar-refractivity contribution < 1.29 is 23.0 Å². The quantitative estimate of drug-likeness (QED) is 0.148. The van der Waals surface area contributed by atoms with Gasteiger partial charge in [0.1, 0.15) is 28.7 Å². The topological polar surface area (TPSA) is 86.4 Å². The largest absolute Gasteiger partial charge is 0.440 e. The molecule has 56 heavy (non-hydrogen) atoms. The number of hydrogen-bond donors (Lipinski definition) is 1. The fourth-order valence-electron chi connectivity index (χ4n) is 7.95. The number of carbonyl (C=O) groups is 1.